The van der Waals surface area contributed by atoms with Gasteiger partial charge in [-0.05, 0) is 31.7 Å². The molecule has 0 radical (unpaired) electrons. The molecule has 2 aliphatic rings. The maximum atomic E-state index is 12.6. The number of rotatable bonds is 9. The van der Waals surface area contributed by atoms with Gasteiger partial charge in [-0.2, -0.15) is 27.5 Å². The first kappa shape index (κ1) is 30.5. The molecule has 0 amide bonds. The molecule has 0 aromatic carbocycles. The summed E-state index contributed by atoms with van der Waals surface area (Å²) in [5.74, 6) is 7.55. The number of pyridine rings is 1. The average molecular weight is 641 g/mol. The van der Waals surface area contributed by atoms with Gasteiger partial charge in [-0.15, -0.1) is 0 Å². The molecule has 4 aromatic rings. The van der Waals surface area contributed by atoms with Crippen LogP contribution >= 0.6 is 0 Å². The van der Waals surface area contributed by atoms with Crippen molar-refractivity contribution in [2.75, 3.05) is 29.9 Å². The van der Waals surface area contributed by atoms with Crippen LogP contribution in [0.3, 0.4) is 0 Å². The third kappa shape index (κ3) is 7.60. The SMILES string of the molecule is Cn1cc(C#Cc2cnc(Nc3ccnc(-c4cnn(S(=O)(=O)C5CC5)c4)n3)cc2N2CCC(NCCC(F)(F)F)CC2)cn1. The van der Waals surface area contributed by atoms with Crippen LogP contribution in [0.2, 0.25) is 0 Å². The van der Waals surface area contributed by atoms with E-state index in [-0.39, 0.29) is 12.6 Å². The van der Waals surface area contributed by atoms with Gasteiger partial charge in [-0.3, -0.25) is 4.68 Å². The van der Waals surface area contributed by atoms with Gasteiger partial charge in [-0.25, -0.2) is 23.4 Å². The van der Waals surface area contributed by atoms with E-state index in [1.807, 2.05) is 19.3 Å². The lowest BCUT2D eigenvalue weighted by atomic mass is 10.0. The average Bonchev–Trinajstić information content (AvgIpc) is 3.61. The summed E-state index contributed by atoms with van der Waals surface area (Å²) in [7, 11) is -1.70. The minimum atomic E-state index is -4.18. The number of aryl methyl sites for hydroxylation is 1. The van der Waals surface area contributed by atoms with Crippen LogP contribution in [-0.4, -0.2) is 79.4 Å². The Labute approximate surface area is 258 Å². The maximum Gasteiger partial charge on any atom is 0.390 e. The number of hydrogen-bond acceptors (Lipinski definition) is 10. The van der Waals surface area contributed by atoms with E-state index in [9.17, 15) is 21.6 Å². The Kier molecular flexibility index (Phi) is 8.47. The second-order valence-electron chi connectivity index (χ2n) is 11.1. The van der Waals surface area contributed by atoms with Crippen LogP contribution in [0.4, 0.5) is 30.5 Å². The topological polar surface area (TPSA) is 136 Å². The molecule has 6 rings (SSSR count). The monoisotopic (exact) mass is 640 g/mol. The van der Waals surface area contributed by atoms with Crippen molar-refractivity contribution >= 4 is 27.3 Å². The first-order valence-corrected chi connectivity index (χ1v) is 16.0. The molecule has 4 aromatic heterocycles. The Morgan fingerprint density at radius 1 is 1.00 bits per heavy atom. The molecule has 16 heteroatoms. The molecule has 1 saturated heterocycles. The summed E-state index contributed by atoms with van der Waals surface area (Å²) >= 11 is 0. The maximum absolute atomic E-state index is 12.6. The molecule has 2 fully saturated rings. The zero-order chi connectivity index (χ0) is 31.6. The molecule has 0 bridgehead atoms. The molecule has 236 valence electrons. The van der Waals surface area contributed by atoms with E-state index in [4.69, 9.17) is 0 Å². The zero-order valence-corrected chi connectivity index (χ0v) is 25.2. The highest BCUT2D eigenvalue weighted by molar-refractivity contribution is 7.90. The standard InChI is InChI=1S/C29H31F3N10O2S/c1-40-18-20(15-36-40)2-3-21-16-35-27(14-25(21)41-12-7-23(8-13-41)33-11-9-29(30,31)32)38-26-6-10-34-28(39-26)22-17-37-42(19-22)45(43,44)24-4-5-24/h6,10,14-19,23-24,33H,4-5,7-9,11-13H2,1H3,(H,34,35,38,39). The Morgan fingerprint density at radius 3 is 2.51 bits per heavy atom. The Morgan fingerprint density at radius 2 is 1.80 bits per heavy atom. The Bertz CT molecular complexity index is 1830. The zero-order valence-electron chi connectivity index (χ0n) is 24.4. The fourth-order valence-electron chi connectivity index (χ4n) is 5.02. The first-order chi connectivity index (χ1) is 21.5. The number of nitrogens with one attached hydrogen (secondary N) is 2. The summed E-state index contributed by atoms with van der Waals surface area (Å²) in [5.41, 5.74) is 2.74. The minimum absolute atomic E-state index is 0.00369. The van der Waals surface area contributed by atoms with Gasteiger partial charge in [0.05, 0.1) is 52.6 Å². The number of hydrogen-bond donors (Lipinski definition) is 2. The van der Waals surface area contributed by atoms with E-state index >= 15 is 0 Å². The minimum Gasteiger partial charge on any atom is -0.370 e. The highest BCUT2D eigenvalue weighted by atomic mass is 32.2. The van der Waals surface area contributed by atoms with E-state index < -0.39 is 27.9 Å². The van der Waals surface area contributed by atoms with Gasteiger partial charge in [0, 0.05) is 57.4 Å². The van der Waals surface area contributed by atoms with Crippen molar-refractivity contribution in [3.05, 3.63) is 60.4 Å². The Hall–Kier alpha value is -4.49. The van der Waals surface area contributed by atoms with Crippen molar-refractivity contribution in [3.63, 3.8) is 0 Å². The number of anilines is 3. The van der Waals surface area contributed by atoms with Crippen LogP contribution < -0.4 is 15.5 Å². The number of alkyl halides is 3. The number of piperidine rings is 1. The van der Waals surface area contributed by atoms with Crippen molar-refractivity contribution in [1.82, 2.24) is 39.2 Å². The number of aromatic nitrogens is 7. The quantitative estimate of drug-likeness (QED) is 0.262. The number of halogens is 3. The molecule has 0 spiro atoms. The molecule has 5 heterocycles. The molecule has 1 aliphatic heterocycles. The van der Waals surface area contributed by atoms with Crippen molar-refractivity contribution in [1.29, 1.82) is 0 Å². The second-order valence-corrected chi connectivity index (χ2v) is 13.1. The molecule has 0 atom stereocenters. The summed E-state index contributed by atoms with van der Waals surface area (Å²) in [4.78, 5) is 15.5. The van der Waals surface area contributed by atoms with Gasteiger partial charge in [0.1, 0.15) is 11.6 Å². The van der Waals surface area contributed by atoms with E-state index in [2.05, 4.69) is 52.5 Å². The predicted molar refractivity (Wildman–Crippen MR) is 161 cm³/mol. The van der Waals surface area contributed by atoms with Gasteiger partial charge in [-0.1, -0.05) is 11.8 Å². The molecule has 0 unspecified atom stereocenters. The van der Waals surface area contributed by atoms with Crippen LogP contribution in [0.25, 0.3) is 11.4 Å². The van der Waals surface area contributed by atoms with Crippen molar-refractivity contribution < 1.29 is 21.6 Å². The third-order valence-corrected chi connectivity index (χ3v) is 9.58. The van der Waals surface area contributed by atoms with E-state index in [1.54, 1.807) is 29.3 Å². The fourth-order valence-corrected chi connectivity index (χ4v) is 6.49. The molecule has 12 nitrogen and oxygen atoms in total. The summed E-state index contributed by atoms with van der Waals surface area (Å²) in [5, 5.41) is 14.0. The molecular formula is C29H31F3N10O2S. The van der Waals surface area contributed by atoms with Crippen LogP contribution in [-0.2, 0) is 17.1 Å². The molecule has 2 N–H and O–H groups in total. The number of nitrogens with zero attached hydrogens (tertiary/aromatic N) is 8. The lowest BCUT2D eigenvalue weighted by Gasteiger charge is -2.34. The van der Waals surface area contributed by atoms with Crippen molar-refractivity contribution in [2.45, 2.75) is 49.6 Å². The van der Waals surface area contributed by atoms with Crippen LogP contribution in [0.15, 0.2) is 49.3 Å². The van der Waals surface area contributed by atoms with Gasteiger partial charge in [0.25, 0.3) is 10.0 Å². The molecular weight excluding hydrogens is 609 g/mol. The highest BCUT2D eigenvalue weighted by Gasteiger charge is 2.37. The molecule has 1 aliphatic carbocycles. The lowest BCUT2D eigenvalue weighted by Crippen LogP contribution is -2.43. The summed E-state index contributed by atoms with van der Waals surface area (Å²) < 4.78 is 65.5. The van der Waals surface area contributed by atoms with E-state index in [0.29, 0.717) is 67.4 Å². The van der Waals surface area contributed by atoms with Gasteiger partial charge < -0.3 is 15.5 Å². The largest absolute Gasteiger partial charge is 0.390 e. The summed E-state index contributed by atoms with van der Waals surface area (Å²) in [6, 6.07) is 3.54. The van der Waals surface area contributed by atoms with E-state index in [1.165, 1.54) is 12.4 Å². The first-order valence-electron chi connectivity index (χ1n) is 14.5. The van der Waals surface area contributed by atoms with E-state index in [0.717, 1.165) is 15.3 Å². The summed E-state index contributed by atoms with van der Waals surface area (Å²) in [6.45, 7) is 1.15. The smallest absolute Gasteiger partial charge is 0.370 e. The van der Waals surface area contributed by atoms with Crippen LogP contribution in [0.5, 0.6) is 0 Å². The summed E-state index contributed by atoms with van der Waals surface area (Å²) in [6.07, 6.45) is 7.14. The van der Waals surface area contributed by atoms with Crippen LogP contribution in [0.1, 0.15) is 43.2 Å². The highest BCUT2D eigenvalue weighted by Crippen LogP contribution is 2.31. The Balaban J connectivity index is 1.20. The lowest BCUT2D eigenvalue weighted by molar-refractivity contribution is -0.133. The predicted octanol–water partition coefficient (Wildman–Crippen LogP) is 3.46. The fraction of sp³-hybridized carbons (Fsp3) is 0.414. The third-order valence-electron chi connectivity index (χ3n) is 7.54. The van der Waals surface area contributed by atoms with Gasteiger partial charge in [0.15, 0.2) is 5.82 Å². The van der Waals surface area contributed by atoms with Crippen molar-refractivity contribution in [2.24, 2.45) is 7.05 Å². The molecule has 1 saturated carbocycles. The molecule has 45 heavy (non-hydrogen) atoms. The van der Waals surface area contributed by atoms with Gasteiger partial charge >= 0.3 is 6.18 Å². The normalized spacial score (nSPS) is 16.0. The second kappa shape index (κ2) is 12.5. The van der Waals surface area contributed by atoms with Gasteiger partial charge in [0.2, 0.25) is 0 Å². The van der Waals surface area contributed by atoms with Crippen molar-refractivity contribution in [3.8, 4) is 23.2 Å². The van der Waals surface area contributed by atoms with Crippen LogP contribution in [0, 0.1) is 11.8 Å².